The Balaban J connectivity index is 1.43. The van der Waals surface area contributed by atoms with Crippen molar-refractivity contribution in [1.29, 1.82) is 0 Å². The van der Waals surface area contributed by atoms with Gasteiger partial charge < -0.3 is 14.4 Å². The third-order valence-electron chi connectivity index (χ3n) is 6.20. The van der Waals surface area contributed by atoms with Crippen LogP contribution >= 0.6 is 0 Å². The van der Waals surface area contributed by atoms with Gasteiger partial charge in [0.25, 0.3) is 0 Å². The lowest BCUT2D eigenvalue weighted by molar-refractivity contribution is 0.112. The smallest absolute Gasteiger partial charge is 0.192 e. The number of para-hydroxylation sites is 1. The predicted octanol–water partition coefficient (Wildman–Crippen LogP) is 5.42. The van der Waals surface area contributed by atoms with Gasteiger partial charge in [0.15, 0.2) is 17.2 Å². The summed E-state index contributed by atoms with van der Waals surface area (Å²) in [5, 5.41) is 0. The molecule has 5 rings (SSSR count). The van der Waals surface area contributed by atoms with Crippen LogP contribution in [0, 0.1) is 0 Å². The molecule has 0 amide bonds. The molecule has 0 N–H and O–H groups in total. The third-order valence-corrected chi connectivity index (χ3v) is 6.20. The largest absolute Gasteiger partial charge is 0.493 e. The summed E-state index contributed by atoms with van der Waals surface area (Å²) in [5.74, 6) is 2.12. The Morgan fingerprint density at radius 3 is 2.55 bits per heavy atom. The molecule has 0 bridgehead atoms. The summed E-state index contributed by atoms with van der Waals surface area (Å²) < 4.78 is 11.8. The number of rotatable bonds is 5. The monoisotopic (exact) mass is 414 g/mol. The summed E-state index contributed by atoms with van der Waals surface area (Å²) in [6.45, 7) is 3.07. The van der Waals surface area contributed by atoms with Crippen molar-refractivity contribution in [3.8, 4) is 17.2 Å². The number of piperidine rings is 1. The third kappa shape index (κ3) is 3.77. The highest BCUT2D eigenvalue weighted by Gasteiger charge is 2.34. The zero-order chi connectivity index (χ0) is 21.2. The number of carbonyl (C=O) groups is 1. The number of carbonyl (C=O) groups excluding carboxylic acids is 1. The van der Waals surface area contributed by atoms with Crippen LogP contribution in [0.1, 0.15) is 28.8 Å². The molecule has 0 atom stereocenters. The maximum Gasteiger partial charge on any atom is 0.192 e. The average Bonchev–Trinajstić information content (AvgIpc) is 2.83. The lowest BCUT2D eigenvalue weighted by Crippen LogP contribution is -2.43. The molecular formula is C26H26N2O3. The van der Waals surface area contributed by atoms with Crippen molar-refractivity contribution in [2.24, 2.45) is 0 Å². The van der Waals surface area contributed by atoms with Crippen LogP contribution in [0.15, 0.2) is 66.7 Å². The number of hydrogen-bond donors (Lipinski definition) is 0. The summed E-state index contributed by atoms with van der Waals surface area (Å²) in [6.07, 6.45) is 2.96. The molecule has 5 heteroatoms. The van der Waals surface area contributed by atoms with E-state index < -0.39 is 0 Å². The van der Waals surface area contributed by atoms with Crippen LogP contribution < -0.4 is 14.4 Å². The van der Waals surface area contributed by atoms with Gasteiger partial charge in [0.2, 0.25) is 0 Å². The minimum absolute atomic E-state index is 0.350. The average molecular weight is 415 g/mol. The van der Waals surface area contributed by atoms with Gasteiger partial charge in [-0.05, 0) is 48.7 Å². The molecule has 3 aromatic rings. The molecular weight excluding hydrogens is 388 g/mol. The maximum absolute atomic E-state index is 11.3. The number of methoxy groups -OCH3 is 1. The first kappa shape index (κ1) is 19.6. The van der Waals surface area contributed by atoms with Crippen molar-refractivity contribution in [2.75, 3.05) is 25.1 Å². The lowest BCUT2D eigenvalue weighted by Gasteiger charge is -2.42. The molecule has 0 unspecified atom stereocenters. The first-order valence-corrected chi connectivity index (χ1v) is 10.8. The van der Waals surface area contributed by atoms with E-state index in [4.69, 9.17) is 9.47 Å². The van der Waals surface area contributed by atoms with Crippen molar-refractivity contribution in [3.63, 3.8) is 0 Å². The first-order chi connectivity index (χ1) is 15.3. The van der Waals surface area contributed by atoms with E-state index in [1.54, 1.807) is 7.11 Å². The van der Waals surface area contributed by atoms with E-state index in [2.05, 4.69) is 46.2 Å². The highest BCUT2D eigenvalue weighted by molar-refractivity contribution is 5.84. The van der Waals surface area contributed by atoms with Gasteiger partial charge in [0.05, 0.1) is 18.5 Å². The lowest BCUT2D eigenvalue weighted by atomic mass is 9.99. The van der Waals surface area contributed by atoms with E-state index in [0.717, 1.165) is 50.1 Å². The van der Waals surface area contributed by atoms with Crippen molar-refractivity contribution in [2.45, 2.75) is 25.4 Å². The summed E-state index contributed by atoms with van der Waals surface area (Å²) in [5.41, 5.74) is 3.99. The molecule has 1 saturated heterocycles. The molecule has 2 aliphatic rings. The second kappa shape index (κ2) is 8.44. The van der Waals surface area contributed by atoms with Gasteiger partial charge >= 0.3 is 0 Å². The number of anilines is 2. The number of benzene rings is 3. The molecule has 5 nitrogen and oxygen atoms in total. The number of likely N-dealkylation sites (tertiary alicyclic amines) is 1. The van der Waals surface area contributed by atoms with Gasteiger partial charge in [0, 0.05) is 31.2 Å². The van der Waals surface area contributed by atoms with Gasteiger partial charge in [-0.3, -0.25) is 9.69 Å². The molecule has 31 heavy (non-hydrogen) atoms. The minimum Gasteiger partial charge on any atom is -0.493 e. The van der Waals surface area contributed by atoms with E-state index in [9.17, 15) is 4.79 Å². The number of ether oxygens (including phenoxy) is 2. The number of nitrogens with zero attached hydrogens (tertiary/aromatic N) is 2. The zero-order valence-electron chi connectivity index (χ0n) is 17.7. The fourth-order valence-electron chi connectivity index (χ4n) is 4.65. The molecule has 158 valence electrons. The molecule has 0 aliphatic carbocycles. The predicted molar refractivity (Wildman–Crippen MR) is 122 cm³/mol. The van der Waals surface area contributed by atoms with Crippen molar-refractivity contribution in [3.05, 3.63) is 77.9 Å². The van der Waals surface area contributed by atoms with E-state index >= 15 is 0 Å². The van der Waals surface area contributed by atoms with Crippen LogP contribution in [0.3, 0.4) is 0 Å². The fraction of sp³-hybridized carbons (Fsp3) is 0.269. The number of fused-ring (bicyclic) bond motifs is 2. The normalized spacial score (nSPS) is 16.2. The quantitative estimate of drug-likeness (QED) is 0.522. The highest BCUT2D eigenvalue weighted by Crippen LogP contribution is 2.52. The SMILES string of the molecule is COc1cccc2c1Oc1cc(C=O)ccc1N2C1CCN(Cc2ccccc2)CC1. The first-order valence-electron chi connectivity index (χ1n) is 10.8. The van der Waals surface area contributed by atoms with E-state index in [0.29, 0.717) is 28.9 Å². The minimum atomic E-state index is 0.350. The summed E-state index contributed by atoms with van der Waals surface area (Å²) in [7, 11) is 1.66. The van der Waals surface area contributed by atoms with Crippen LogP contribution in [0.4, 0.5) is 11.4 Å². The Hall–Kier alpha value is -3.31. The van der Waals surface area contributed by atoms with Crippen molar-refractivity contribution >= 4 is 17.7 Å². The van der Waals surface area contributed by atoms with Crippen LogP contribution in [-0.2, 0) is 6.54 Å². The molecule has 0 spiro atoms. The second-order valence-electron chi connectivity index (χ2n) is 8.12. The summed E-state index contributed by atoms with van der Waals surface area (Å²) >= 11 is 0. The van der Waals surface area contributed by atoms with Gasteiger partial charge in [-0.2, -0.15) is 0 Å². The van der Waals surface area contributed by atoms with Crippen molar-refractivity contribution in [1.82, 2.24) is 4.90 Å². The molecule has 2 heterocycles. The van der Waals surface area contributed by atoms with Crippen LogP contribution in [-0.4, -0.2) is 37.4 Å². The van der Waals surface area contributed by atoms with Gasteiger partial charge in [-0.1, -0.05) is 36.4 Å². The van der Waals surface area contributed by atoms with Gasteiger partial charge in [0.1, 0.15) is 6.29 Å². The topological polar surface area (TPSA) is 42.0 Å². The van der Waals surface area contributed by atoms with Crippen LogP contribution in [0.2, 0.25) is 0 Å². The Kier molecular flexibility index (Phi) is 5.35. The Bertz CT molecular complexity index is 1080. The fourth-order valence-corrected chi connectivity index (χ4v) is 4.65. The van der Waals surface area contributed by atoms with Gasteiger partial charge in [-0.25, -0.2) is 0 Å². The maximum atomic E-state index is 11.3. The Morgan fingerprint density at radius 2 is 1.81 bits per heavy atom. The van der Waals surface area contributed by atoms with Crippen LogP contribution in [0.25, 0.3) is 0 Å². The molecule has 0 radical (unpaired) electrons. The van der Waals surface area contributed by atoms with E-state index in [1.807, 2.05) is 30.3 Å². The number of aldehydes is 1. The van der Waals surface area contributed by atoms with Crippen molar-refractivity contribution < 1.29 is 14.3 Å². The molecule has 1 fully saturated rings. The molecule has 3 aromatic carbocycles. The Morgan fingerprint density at radius 1 is 1.00 bits per heavy atom. The highest BCUT2D eigenvalue weighted by atomic mass is 16.5. The Labute approximate surface area is 182 Å². The molecule has 0 saturated carbocycles. The number of hydrogen-bond acceptors (Lipinski definition) is 5. The standard InChI is InChI=1S/C26H26N2O3/c1-30-24-9-5-8-23-26(24)31-25-16-20(18-29)10-11-22(25)28(23)21-12-14-27(15-13-21)17-19-6-3-2-4-7-19/h2-11,16,18,21H,12-15,17H2,1H3. The van der Waals surface area contributed by atoms with Crippen LogP contribution in [0.5, 0.6) is 17.2 Å². The second-order valence-corrected chi connectivity index (χ2v) is 8.12. The summed E-state index contributed by atoms with van der Waals surface area (Å²) in [6, 6.07) is 22.7. The van der Waals surface area contributed by atoms with E-state index in [-0.39, 0.29) is 0 Å². The molecule has 0 aromatic heterocycles. The zero-order valence-corrected chi connectivity index (χ0v) is 17.7. The molecule has 2 aliphatic heterocycles. The van der Waals surface area contributed by atoms with E-state index in [1.165, 1.54) is 5.56 Å². The van der Waals surface area contributed by atoms with Gasteiger partial charge in [-0.15, -0.1) is 0 Å². The summed E-state index contributed by atoms with van der Waals surface area (Å²) in [4.78, 5) is 16.2.